The lowest BCUT2D eigenvalue weighted by Crippen LogP contribution is -2.57. The van der Waals surface area contributed by atoms with E-state index in [1.54, 1.807) is 35.0 Å². The molecule has 2 aromatic carbocycles. The SMILES string of the molecule is O=C(Nc1cccc(Cl)c1)Nc1cc(-c2ccccc2)nn1C1NC(=O)C2CCCC2N1. The molecule has 0 bridgehead atoms. The number of carbonyl (C=O) groups excluding carboxylic acids is 2. The third kappa shape index (κ3) is 4.19. The Bertz CT molecular complexity index is 1150. The summed E-state index contributed by atoms with van der Waals surface area (Å²) in [6, 6.07) is 18.1. The van der Waals surface area contributed by atoms with Gasteiger partial charge in [-0.2, -0.15) is 5.10 Å². The van der Waals surface area contributed by atoms with Crippen LogP contribution in [0.15, 0.2) is 60.7 Å². The van der Waals surface area contributed by atoms with Crippen LogP contribution < -0.4 is 21.3 Å². The molecule has 1 aliphatic carbocycles. The van der Waals surface area contributed by atoms with E-state index in [-0.39, 0.29) is 17.9 Å². The lowest BCUT2D eigenvalue weighted by molar-refractivity contribution is -0.130. The average molecular weight is 451 g/mol. The summed E-state index contributed by atoms with van der Waals surface area (Å²) in [5.41, 5.74) is 2.17. The zero-order chi connectivity index (χ0) is 22.1. The number of rotatable bonds is 4. The molecule has 5 rings (SSSR count). The largest absolute Gasteiger partial charge is 0.324 e. The Labute approximate surface area is 190 Å². The van der Waals surface area contributed by atoms with Gasteiger partial charge in [0.1, 0.15) is 5.82 Å². The molecule has 0 radical (unpaired) electrons. The van der Waals surface area contributed by atoms with Gasteiger partial charge >= 0.3 is 6.03 Å². The van der Waals surface area contributed by atoms with Gasteiger partial charge in [0.25, 0.3) is 0 Å². The van der Waals surface area contributed by atoms with E-state index < -0.39 is 12.3 Å². The van der Waals surface area contributed by atoms with Gasteiger partial charge in [-0.3, -0.25) is 15.4 Å². The maximum absolute atomic E-state index is 12.7. The highest BCUT2D eigenvalue weighted by molar-refractivity contribution is 6.30. The van der Waals surface area contributed by atoms with Crippen molar-refractivity contribution in [1.82, 2.24) is 20.4 Å². The second-order valence-corrected chi connectivity index (χ2v) is 8.47. The van der Waals surface area contributed by atoms with Crippen LogP contribution in [0, 0.1) is 5.92 Å². The first-order valence-electron chi connectivity index (χ1n) is 10.6. The third-order valence-corrected chi connectivity index (χ3v) is 6.11. The second kappa shape index (κ2) is 8.64. The topological polar surface area (TPSA) is 100 Å². The summed E-state index contributed by atoms with van der Waals surface area (Å²) < 4.78 is 1.62. The predicted octanol–water partition coefficient (Wildman–Crippen LogP) is 4.19. The molecule has 3 aromatic rings. The molecule has 0 spiro atoms. The molecule has 8 nitrogen and oxygen atoms in total. The van der Waals surface area contributed by atoms with Gasteiger partial charge in [-0.25, -0.2) is 9.48 Å². The van der Waals surface area contributed by atoms with Gasteiger partial charge in [0, 0.05) is 28.4 Å². The molecular formula is C23H23ClN6O2. The molecule has 2 aliphatic rings. The van der Waals surface area contributed by atoms with Crippen molar-refractivity contribution in [2.75, 3.05) is 10.6 Å². The Morgan fingerprint density at radius 3 is 2.72 bits per heavy atom. The van der Waals surface area contributed by atoms with Crippen molar-refractivity contribution < 1.29 is 9.59 Å². The van der Waals surface area contributed by atoms with Gasteiger partial charge in [0.15, 0.2) is 6.29 Å². The van der Waals surface area contributed by atoms with Crippen molar-refractivity contribution in [3.8, 4) is 11.3 Å². The molecule has 3 amide bonds. The second-order valence-electron chi connectivity index (χ2n) is 8.04. The van der Waals surface area contributed by atoms with Crippen LogP contribution in [0.2, 0.25) is 5.02 Å². The van der Waals surface area contributed by atoms with Crippen molar-refractivity contribution in [3.63, 3.8) is 0 Å². The summed E-state index contributed by atoms with van der Waals surface area (Å²) in [6.45, 7) is 0. The van der Waals surface area contributed by atoms with Crippen LogP contribution in [-0.4, -0.2) is 27.8 Å². The van der Waals surface area contributed by atoms with Crippen LogP contribution in [-0.2, 0) is 4.79 Å². The first-order chi connectivity index (χ1) is 15.6. The zero-order valence-corrected chi connectivity index (χ0v) is 18.0. The number of amides is 3. The van der Waals surface area contributed by atoms with E-state index in [1.807, 2.05) is 30.3 Å². The molecule has 4 N–H and O–H groups in total. The van der Waals surface area contributed by atoms with Crippen molar-refractivity contribution in [3.05, 3.63) is 65.7 Å². The van der Waals surface area contributed by atoms with E-state index in [1.165, 1.54) is 0 Å². The molecule has 9 heteroatoms. The van der Waals surface area contributed by atoms with E-state index in [0.29, 0.717) is 22.2 Å². The van der Waals surface area contributed by atoms with Gasteiger partial charge in [0.05, 0.1) is 11.6 Å². The minimum absolute atomic E-state index is 0.0158. The maximum Gasteiger partial charge on any atom is 0.324 e. The summed E-state index contributed by atoms with van der Waals surface area (Å²) in [6.07, 6.45) is 2.29. The van der Waals surface area contributed by atoms with Crippen molar-refractivity contribution in [2.24, 2.45) is 5.92 Å². The summed E-state index contributed by atoms with van der Waals surface area (Å²) in [7, 11) is 0. The number of hydrogen-bond acceptors (Lipinski definition) is 4. The number of benzene rings is 2. The molecule has 1 aliphatic heterocycles. The Balaban J connectivity index is 1.43. The molecule has 2 heterocycles. The number of anilines is 2. The average Bonchev–Trinajstić information content (AvgIpc) is 3.42. The fraction of sp³-hybridized carbons (Fsp3) is 0.261. The number of halogens is 1. The van der Waals surface area contributed by atoms with E-state index in [0.717, 1.165) is 24.8 Å². The van der Waals surface area contributed by atoms with Crippen LogP contribution in [0.5, 0.6) is 0 Å². The van der Waals surface area contributed by atoms with Gasteiger partial charge < -0.3 is 10.6 Å². The predicted molar refractivity (Wildman–Crippen MR) is 123 cm³/mol. The standard InChI is InChI=1S/C23H23ClN6O2/c24-15-8-4-9-16(12-15)25-23(32)27-20-13-19(14-6-2-1-3-7-14)29-30(20)22-26-18-11-5-10-17(18)21(31)28-22/h1-4,6-9,12-13,17-18,22,26H,5,10-11H2,(H,28,31)(H2,25,27,32). The van der Waals surface area contributed by atoms with Crippen LogP contribution in [0.4, 0.5) is 16.3 Å². The van der Waals surface area contributed by atoms with Crippen LogP contribution in [0.3, 0.4) is 0 Å². The van der Waals surface area contributed by atoms with Gasteiger partial charge in [-0.15, -0.1) is 0 Å². The number of nitrogens with one attached hydrogen (secondary N) is 4. The molecule has 32 heavy (non-hydrogen) atoms. The minimum atomic E-state index is -0.555. The highest BCUT2D eigenvalue weighted by Gasteiger charge is 2.40. The summed E-state index contributed by atoms with van der Waals surface area (Å²) in [5.74, 6) is 0.456. The molecule has 2 fully saturated rings. The molecule has 3 atom stereocenters. The number of fused-ring (bicyclic) bond motifs is 1. The normalized spacial score (nSPS) is 22.2. The summed E-state index contributed by atoms with van der Waals surface area (Å²) in [5, 5.41) is 17.3. The highest BCUT2D eigenvalue weighted by Crippen LogP contribution is 2.32. The van der Waals surface area contributed by atoms with Crippen LogP contribution in [0.1, 0.15) is 25.6 Å². The number of urea groups is 1. The summed E-state index contributed by atoms with van der Waals surface area (Å²) in [4.78, 5) is 25.3. The third-order valence-electron chi connectivity index (χ3n) is 5.88. The Morgan fingerprint density at radius 2 is 1.91 bits per heavy atom. The number of nitrogens with zero attached hydrogens (tertiary/aromatic N) is 2. The monoisotopic (exact) mass is 450 g/mol. The van der Waals surface area contributed by atoms with Gasteiger partial charge in [0.2, 0.25) is 5.91 Å². The molecule has 1 saturated carbocycles. The fourth-order valence-electron chi connectivity index (χ4n) is 4.37. The smallest absolute Gasteiger partial charge is 0.322 e. The Kier molecular flexibility index (Phi) is 5.55. The maximum atomic E-state index is 12.7. The zero-order valence-electron chi connectivity index (χ0n) is 17.2. The first kappa shape index (κ1) is 20.5. The molecule has 3 unspecified atom stereocenters. The van der Waals surface area contributed by atoms with Crippen molar-refractivity contribution >= 4 is 35.0 Å². The van der Waals surface area contributed by atoms with E-state index in [9.17, 15) is 9.59 Å². The highest BCUT2D eigenvalue weighted by atomic mass is 35.5. The first-order valence-corrected chi connectivity index (χ1v) is 11.0. The Morgan fingerprint density at radius 1 is 1.06 bits per heavy atom. The van der Waals surface area contributed by atoms with Crippen LogP contribution in [0.25, 0.3) is 11.3 Å². The molecule has 1 saturated heterocycles. The van der Waals surface area contributed by atoms with Crippen LogP contribution >= 0.6 is 11.6 Å². The van der Waals surface area contributed by atoms with Crippen molar-refractivity contribution in [2.45, 2.75) is 31.6 Å². The Hall–Kier alpha value is -3.36. The van der Waals surface area contributed by atoms with E-state index in [2.05, 4.69) is 21.3 Å². The molecular weight excluding hydrogens is 428 g/mol. The quantitative estimate of drug-likeness (QED) is 0.478. The van der Waals surface area contributed by atoms with E-state index >= 15 is 0 Å². The molecule has 1 aromatic heterocycles. The van der Waals surface area contributed by atoms with Gasteiger partial charge in [-0.1, -0.05) is 54.4 Å². The van der Waals surface area contributed by atoms with Gasteiger partial charge in [-0.05, 0) is 31.0 Å². The number of carbonyl (C=O) groups is 2. The molecule has 164 valence electrons. The number of hydrogen-bond donors (Lipinski definition) is 4. The minimum Gasteiger partial charge on any atom is -0.322 e. The lowest BCUT2D eigenvalue weighted by atomic mass is 10.0. The number of aromatic nitrogens is 2. The lowest BCUT2D eigenvalue weighted by Gasteiger charge is -2.34. The fourth-order valence-corrected chi connectivity index (χ4v) is 4.56. The van der Waals surface area contributed by atoms with E-state index in [4.69, 9.17) is 16.7 Å². The summed E-state index contributed by atoms with van der Waals surface area (Å²) >= 11 is 6.01. The van der Waals surface area contributed by atoms with Crippen molar-refractivity contribution in [1.29, 1.82) is 0 Å².